The molecule has 0 spiro atoms. The third-order valence-corrected chi connectivity index (χ3v) is 3.16. The highest BCUT2D eigenvalue weighted by molar-refractivity contribution is 6.55. The van der Waals surface area contributed by atoms with Crippen LogP contribution >= 0.6 is 0 Å². The molecule has 0 radical (unpaired) electrons. The van der Waals surface area contributed by atoms with Crippen molar-refractivity contribution in [1.82, 2.24) is 0 Å². The fraction of sp³-hybridized carbons (Fsp3) is 1.00. The van der Waals surface area contributed by atoms with E-state index in [1.807, 2.05) is 0 Å². The summed E-state index contributed by atoms with van der Waals surface area (Å²) in [6.45, 7) is 6.30. The average molecular weight is 160 g/mol. The summed E-state index contributed by atoms with van der Waals surface area (Å²) in [5, 5.41) is 0. The average Bonchev–Trinajstić information content (AvgIpc) is 2.34. The second kappa shape index (κ2) is 4.11. The summed E-state index contributed by atoms with van der Waals surface area (Å²) < 4.78 is 10.6. The normalized spacial score (nSPS) is 20.7. The van der Waals surface area contributed by atoms with Crippen LogP contribution in [0.3, 0.4) is 0 Å². The Balaban J connectivity index is 2.01. The van der Waals surface area contributed by atoms with Crippen molar-refractivity contribution in [3.8, 4) is 0 Å². The topological polar surface area (TPSA) is 18.5 Å². The number of ether oxygens (including phenoxy) is 2. The van der Waals surface area contributed by atoms with Crippen LogP contribution in [0, 0.1) is 0 Å². The van der Waals surface area contributed by atoms with Crippen molar-refractivity contribution in [3.05, 3.63) is 0 Å². The molecule has 1 rings (SSSR count). The largest absolute Gasteiger partial charge is 0.350 e. The van der Waals surface area contributed by atoms with Gasteiger partial charge in [-0.15, -0.1) is 0 Å². The zero-order valence-corrected chi connectivity index (χ0v) is 7.95. The molecule has 1 heterocycles. The Labute approximate surface area is 64.1 Å². The Morgan fingerprint density at radius 1 is 1.30 bits per heavy atom. The monoisotopic (exact) mass is 160 g/mol. The summed E-state index contributed by atoms with van der Waals surface area (Å²) >= 11 is 0. The molecule has 1 saturated heterocycles. The van der Waals surface area contributed by atoms with E-state index >= 15 is 0 Å². The van der Waals surface area contributed by atoms with Crippen LogP contribution < -0.4 is 0 Å². The third kappa shape index (κ3) is 2.81. The van der Waals surface area contributed by atoms with Crippen molar-refractivity contribution >= 4 is 8.80 Å². The Kier molecular flexibility index (Phi) is 3.38. The van der Waals surface area contributed by atoms with Gasteiger partial charge in [-0.1, -0.05) is 19.1 Å². The van der Waals surface area contributed by atoms with Gasteiger partial charge in [-0.2, -0.15) is 0 Å². The summed E-state index contributed by atoms with van der Waals surface area (Å²) in [6.07, 6.45) is 1.25. The van der Waals surface area contributed by atoms with Gasteiger partial charge in [0.25, 0.3) is 0 Å². The highest BCUT2D eigenvalue weighted by atomic mass is 28.3. The molecule has 0 aliphatic carbocycles. The van der Waals surface area contributed by atoms with E-state index in [0.29, 0.717) is 0 Å². The zero-order chi connectivity index (χ0) is 7.40. The maximum absolute atomic E-state index is 5.30. The van der Waals surface area contributed by atoms with Crippen molar-refractivity contribution in [2.75, 3.05) is 13.2 Å². The van der Waals surface area contributed by atoms with Gasteiger partial charge in [0.2, 0.25) is 0 Å². The SMILES string of the molecule is C[SiH](C)CCC1OCCO1. The van der Waals surface area contributed by atoms with Gasteiger partial charge in [-0.05, 0) is 6.42 Å². The quantitative estimate of drug-likeness (QED) is 0.578. The second-order valence-corrected chi connectivity index (χ2v) is 6.51. The summed E-state index contributed by atoms with van der Waals surface area (Å²) in [7, 11) is -0.387. The minimum atomic E-state index is -0.387. The Morgan fingerprint density at radius 2 is 1.90 bits per heavy atom. The van der Waals surface area contributed by atoms with Crippen molar-refractivity contribution in [2.24, 2.45) is 0 Å². The van der Waals surface area contributed by atoms with E-state index in [-0.39, 0.29) is 15.1 Å². The Morgan fingerprint density at radius 3 is 2.40 bits per heavy atom. The van der Waals surface area contributed by atoms with Crippen LogP contribution in [-0.2, 0) is 9.47 Å². The molecule has 0 atom stereocenters. The van der Waals surface area contributed by atoms with E-state index < -0.39 is 0 Å². The predicted molar refractivity (Wildman–Crippen MR) is 44.0 cm³/mol. The van der Waals surface area contributed by atoms with Gasteiger partial charge >= 0.3 is 0 Å². The van der Waals surface area contributed by atoms with Crippen molar-refractivity contribution in [1.29, 1.82) is 0 Å². The van der Waals surface area contributed by atoms with Gasteiger partial charge in [0.15, 0.2) is 6.29 Å². The highest BCUT2D eigenvalue weighted by Gasteiger charge is 2.15. The molecule has 2 nitrogen and oxygen atoms in total. The van der Waals surface area contributed by atoms with Gasteiger partial charge in [0.1, 0.15) is 0 Å². The van der Waals surface area contributed by atoms with E-state index in [1.54, 1.807) is 0 Å². The summed E-state index contributed by atoms with van der Waals surface area (Å²) in [5.41, 5.74) is 0. The molecule has 60 valence electrons. The van der Waals surface area contributed by atoms with Crippen LogP contribution in [-0.4, -0.2) is 28.3 Å². The first-order valence-corrected chi connectivity index (χ1v) is 7.15. The molecular weight excluding hydrogens is 144 g/mol. The van der Waals surface area contributed by atoms with E-state index in [1.165, 1.54) is 6.04 Å². The maximum Gasteiger partial charge on any atom is 0.157 e. The molecule has 1 fully saturated rings. The first-order chi connectivity index (χ1) is 4.79. The molecule has 1 aliphatic rings. The van der Waals surface area contributed by atoms with Gasteiger partial charge in [0, 0.05) is 8.80 Å². The fourth-order valence-corrected chi connectivity index (χ4v) is 1.98. The zero-order valence-electron chi connectivity index (χ0n) is 6.80. The molecule has 0 bridgehead atoms. The van der Waals surface area contributed by atoms with Crippen LogP contribution in [0.4, 0.5) is 0 Å². The summed E-state index contributed by atoms with van der Waals surface area (Å²) in [6, 6.07) is 1.34. The predicted octanol–water partition coefficient (Wildman–Crippen LogP) is 1.24. The molecule has 0 amide bonds. The van der Waals surface area contributed by atoms with E-state index in [9.17, 15) is 0 Å². The molecule has 1 aliphatic heterocycles. The van der Waals surface area contributed by atoms with Gasteiger partial charge < -0.3 is 9.47 Å². The van der Waals surface area contributed by atoms with Crippen LogP contribution in [0.25, 0.3) is 0 Å². The smallest absolute Gasteiger partial charge is 0.157 e. The lowest BCUT2D eigenvalue weighted by Crippen LogP contribution is -2.10. The second-order valence-electron chi connectivity index (χ2n) is 3.14. The molecule has 0 N–H and O–H groups in total. The van der Waals surface area contributed by atoms with Crippen LogP contribution in [0.1, 0.15) is 6.42 Å². The minimum absolute atomic E-state index is 0.134. The summed E-state index contributed by atoms with van der Waals surface area (Å²) in [5.74, 6) is 0. The molecule has 10 heavy (non-hydrogen) atoms. The molecule has 0 aromatic carbocycles. The molecule has 0 aromatic rings. The van der Waals surface area contributed by atoms with Crippen molar-refractivity contribution < 1.29 is 9.47 Å². The van der Waals surface area contributed by atoms with Gasteiger partial charge in [-0.25, -0.2) is 0 Å². The van der Waals surface area contributed by atoms with Gasteiger partial charge in [-0.3, -0.25) is 0 Å². The van der Waals surface area contributed by atoms with E-state index in [0.717, 1.165) is 19.6 Å². The van der Waals surface area contributed by atoms with Gasteiger partial charge in [0.05, 0.1) is 13.2 Å². The Hall–Kier alpha value is 0.137. The van der Waals surface area contributed by atoms with E-state index in [2.05, 4.69) is 13.1 Å². The molecule has 0 aromatic heterocycles. The van der Waals surface area contributed by atoms with Crippen LogP contribution in [0.15, 0.2) is 0 Å². The van der Waals surface area contributed by atoms with E-state index in [4.69, 9.17) is 9.47 Å². The third-order valence-electron chi connectivity index (χ3n) is 1.67. The number of rotatable bonds is 3. The lowest BCUT2D eigenvalue weighted by atomic mass is 10.5. The summed E-state index contributed by atoms with van der Waals surface area (Å²) in [4.78, 5) is 0. The lowest BCUT2D eigenvalue weighted by molar-refractivity contribution is -0.0430. The lowest BCUT2D eigenvalue weighted by Gasteiger charge is -2.08. The van der Waals surface area contributed by atoms with Crippen molar-refractivity contribution in [2.45, 2.75) is 31.8 Å². The molecule has 0 saturated carbocycles. The minimum Gasteiger partial charge on any atom is -0.350 e. The highest BCUT2D eigenvalue weighted by Crippen LogP contribution is 2.11. The molecule has 3 heteroatoms. The van der Waals surface area contributed by atoms with Crippen LogP contribution in [0.5, 0.6) is 0 Å². The Bertz CT molecular complexity index is 89.6. The number of hydrogen-bond acceptors (Lipinski definition) is 2. The first-order valence-electron chi connectivity index (χ1n) is 4.02. The standard InChI is InChI=1S/C7H16O2Si/c1-10(2)6-3-7-8-4-5-9-7/h7,10H,3-6H2,1-2H3. The van der Waals surface area contributed by atoms with Crippen molar-refractivity contribution in [3.63, 3.8) is 0 Å². The molecular formula is C7H16O2Si. The number of hydrogen-bond donors (Lipinski definition) is 0. The molecule has 0 unspecified atom stereocenters. The van der Waals surface area contributed by atoms with Crippen LogP contribution in [0.2, 0.25) is 19.1 Å². The fourth-order valence-electron chi connectivity index (χ4n) is 1.04. The first kappa shape index (κ1) is 8.24. The maximum atomic E-state index is 5.30.